The third-order valence-corrected chi connectivity index (χ3v) is 5.47. The van der Waals surface area contributed by atoms with Gasteiger partial charge in [-0.05, 0) is 39.0 Å². The first-order valence-corrected chi connectivity index (χ1v) is 9.53. The van der Waals surface area contributed by atoms with Gasteiger partial charge in [-0.3, -0.25) is 4.79 Å². The number of aryl methyl sites for hydroxylation is 1. The van der Waals surface area contributed by atoms with Crippen LogP contribution in [0.4, 0.5) is 0 Å². The summed E-state index contributed by atoms with van der Waals surface area (Å²) >= 11 is 0. The second-order valence-corrected chi connectivity index (χ2v) is 7.69. The average Bonchev–Trinajstić information content (AvgIpc) is 2.83. The zero-order chi connectivity index (χ0) is 17.2. The molecular weight excluding hydrogens is 338 g/mol. The molecule has 0 spiro atoms. The summed E-state index contributed by atoms with van der Waals surface area (Å²) in [7, 11) is 0. The molecule has 1 saturated heterocycles. The predicted molar refractivity (Wildman–Crippen MR) is 101 cm³/mol. The number of fused-ring (bicyclic) bond motifs is 1. The largest absolute Gasteiger partial charge is 0.340 e. The van der Waals surface area contributed by atoms with E-state index in [1.165, 1.54) is 19.3 Å². The van der Waals surface area contributed by atoms with Gasteiger partial charge in [0, 0.05) is 32.0 Å². The first-order chi connectivity index (χ1) is 11.5. The number of carbonyl (C=O) groups excluding carboxylic acids is 1. The molecule has 0 aliphatic carbocycles. The van der Waals surface area contributed by atoms with Crippen LogP contribution in [0.3, 0.4) is 0 Å². The zero-order valence-electron chi connectivity index (χ0n) is 15.5. The van der Waals surface area contributed by atoms with Crippen molar-refractivity contribution in [2.24, 2.45) is 5.73 Å². The van der Waals surface area contributed by atoms with Crippen LogP contribution in [-0.2, 0) is 17.8 Å². The van der Waals surface area contributed by atoms with Gasteiger partial charge in [0.05, 0.1) is 5.54 Å². The van der Waals surface area contributed by atoms with Gasteiger partial charge in [-0.2, -0.15) is 0 Å². The van der Waals surface area contributed by atoms with E-state index in [0.29, 0.717) is 5.92 Å². The summed E-state index contributed by atoms with van der Waals surface area (Å²) in [5.74, 6) is 2.59. The van der Waals surface area contributed by atoms with Crippen molar-refractivity contribution in [3.63, 3.8) is 0 Å². The Labute approximate surface area is 157 Å². The van der Waals surface area contributed by atoms with Crippen molar-refractivity contribution in [2.75, 3.05) is 13.1 Å². The van der Waals surface area contributed by atoms with Crippen LogP contribution in [0.5, 0.6) is 0 Å². The number of aromatic nitrogens is 3. The Kier molecular flexibility index (Phi) is 6.86. The van der Waals surface area contributed by atoms with Gasteiger partial charge < -0.3 is 15.2 Å². The van der Waals surface area contributed by atoms with Gasteiger partial charge in [0.1, 0.15) is 11.6 Å². The lowest BCUT2D eigenvalue weighted by Crippen LogP contribution is -2.55. The van der Waals surface area contributed by atoms with Crippen molar-refractivity contribution < 1.29 is 4.79 Å². The minimum Gasteiger partial charge on any atom is -0.340 e. The van der Waals surface area contributed by atoms with Crippen LogP contribution in [-0.4, -0.2) is 44.2 Å². The van der Waals surface area contributed by atoms with E-state index in [1.54, 1.807) is 0 Å². The summed E-state index contributed by atoms with van der Waals surface area (Å²) in [6, 6.07) is 0. The van der Waals surface area contributed by atoms with Crippen LogP contribution >= 0.6 is 12.4 Å². The van der Waals surface area contributed by atoms with Gasteiger partial charge in [0.25, 0.3) is 0 Å². The summed E-state index contributed by atoms with van der Waals surface area (Å²) in [5.41, 5.74) is 5.52. The van der Waals surface area contributed by atoms with E-state index in [1.807, 2.05) is 11.8 Å². The fraction of sp³-hybridized carbons (Fsp3) is 0.833. The number of carbonyl (C=O) groups is 1. The number of nitrogens with two attached hydrogens (primary N) is 1. The lowest BCUT2D eigenvalue weighted by atomic mass is 9.91. The van der Waals surface area contributed by atoms with E-state index in [-0.39, 0.29) is 18.3 Å². The molecule has 0 bridgehead atoms. The molecule has 3 rings (SSSR count). The molecule has 2 unspecified atom stereocenters. The van der Waals surface area contributed by atoms with Crippen molar-refractivity contribution in [3.05, 3.63) is 11.6 Å². The molecule has 1 amide bonds. The van der Waals surface area contributed by atoms with E-state index < -0.39 is 5.54 Å². The van der Waals surface area contributed by atoms with E-state index in [0.717, 1.165) is 63.4 Å². The van der Waals surface area contributed by atoms with E-state index in [4.69, 9.17) is 5.73 Å². The molecule has 3 heterocycles. The third-order valence-electron chi connectivity index (χ3n) is 5.47. The molecule has 7 heteroatoms. The summed E-state index contributed by atoms with van der Waals surface area (Å²) in [6.07, 6.45) is 8.44. The molecule has 2 atom stereocenters. The van der Waals surface area contributed by atoms with Crippen LogP contribution in [0.25, 0.3) is 0 Å². The molecule has 25 heavy (non-hydrogen) atoms. The molecule has 0 aromatic carbocycles. The Balaban J connectivity index is 0.00000225. The van der Waals surface area contributed by atoms with E-state index in [2.05, 4.69) is 21.7 Å². The Bertz CT molecular complexity index is 586. The molecule has 142 valence electrons. The maximum Gasteiger partial charge on any atom is 0.242 e. The van der Waals surface area contributed by atoms with Crippen molar-refractivity contribution in [2.45, 2.75) is 83.2 Å². The number of halogens is 1. The number of nitrogens with zero attached hydrogens (tertiary/aromatic N) is 4. The molecular formula is C18H32ClN5O. The molecule has 2 N–H and O–H groups in total. The molecule has 0 saturated carbocycles. The number of piperidine rings is 1. The lowest BCUT2D eigenvalue weighted by Gasteiger charge is -2.37. The molecule has 1 aromatic rings. The highest BCUT2D eigenvalue weighted by atomic mass is 35.5. The van der Waals surface area contributed by atoms with Gasteiger partial charge in [0.15, 0.2) is 0 Å². The second-order valence-electron chi connectivity index (χ2n) is 7.69. The van der Waals surface area contributed by atoms with Crippen LogP contribution in [0, 0.1) is 0 Å². The van der Waals surface area contributed by atoms with Crippen molar-refractivity contribution in [1.29, 1.82) is 0 Å². The highest BCUT2D eigenvalue weighted by Crippen LogP contribution is 2.29. The molecule has 0 radical (unpaired) electrons. The van der Waals surface area contributed by atoms with Gasteiger partial charge in [-0.25, -0.2) is 0 Å². The topological polar surface area (TPSA) is 77.0 Å². The highest BCUT2D eigenvalue weighted by molar-refractivity contribution is 5.86. The SMILES string of the molecule is CCCC(C)(N)C(=O)N1CCCC(c2nnc3n2CCCCC3)C1.Cl. The lowest BCUT2D eigenvalue weighted by molar-refractivity contribution is -0.138. The van der Waals surface area contributed by atoms with Crippen LogP contribution < -0.4 is 5.73 Å². The van der Waals surface area contributed by atoms with Gasteiger partial charge >= 0.3 is 0 Å². The summed E-state index contributed by atoms with van der Waals surface area (Å²) in [4.78, 5) is 14.8. The van der Waals surface area contributed by atoms with Crippen molar-refractivity contribution in [3.8, 4) is 0 Å². The Morgan fingerprint density at radius 2 is 2.04 bits per heavy atom. The van der Waals surface area contributed by atoms with Crippen LogP contribution in [0.15, 0.2) is 0 Å². The zero-order valence-corrected chi connectivity index (χ0v) is 16.4. The quantitative estimate of drug-likeness (QED) is 0.885. The second kappa shape index (κ2) is 8.49. The molecule has 1 fully saturated rings. The summed E-state index contributed by atoms with van der Waals surface area (Å²) in [6.45, 7) is 6.50. The Morgan fingerprint density at radius 3 is 2.80 bits per heavy atom. The minimum absolute atomic E-state index is 0. The predicted octanol–water partition coefficient (Wildman–Crippen LogP) is 2.65. The Hall–Kier alpha value is -1.14. The number of amides is 1. The van der Waals surface area contributed by atoms with Crippen molar-refractivity contribution >= 4 is 18.3 Å². The maximum absolute atomic E-state index is 12.8. The fourth-order valence-electron chi connectivity index (χ4n) is 4.17. The van der Waals surface area contributed by atoms with E-state index in [9.17, 15) is 4.79 Å². The maximum atomic E-state index is 12.8. The highest BCUT2D eigenvalue weighted by Gasteiger charge is 2.36. The summed E-state index contributed by atoms with van der Waals surface area (Å²) in [5, 5.41) is 8.92. The van der Waals surface area contributed by atoms with Gasteiger partial charge in [-0.15, -0.1) is 22.6 Å². The number of rotatable bonds is 4. The van der Waals surface area contributed by atoms with E-state index >= 15 is 0 Å². The molecule has 1 aromatic heterocycles. The first-order valence-electron chi connectivity index (χ1n) is 9.53. The van der Waals surface area contributed by atoms with Gasteiger partial charge in [-0.1, -0.05) is 19.8 Å². The minimum atomic E-state index is -0.752. The molecule has 2 aliphatic rings. The number of hydrogen-bond acceptors (Lipinski definition) is 4. The normalized spacial score (nSPS) is 23.2. The third kappa shape index (κ3) is 4.34. The van der Waals surface area contributed by atoms with Crippen LogP contribution in [0.1, 0.15) is 76.4 Å². The molecule has 6 nitrogen and oxygen atoms in total. The summed E-state index contributed by atoms with van der Waals surface area (Å²) < 4.78 is 2.32. The van der Waals surface area contributed by atoms with Crippen LogP contribution in [0.2, 0.25) is 0 Å². The fourth-order valence-corrected chi connectivity index (χ4v) is 4.17. The smallest absolute Gasteiger partial charge is 0.242 e. The van der Waals surface area contributed by atoms with Gasteiger partial charge in [0.2, 0.25) is 5.91 Å². The number of hydrogen-bond donors (Lipinski definition) is 1. The monoisotopic (exact) mass is 369 g/mol. The Morgan fingerprint density at radius 1 is 1.24 bits per heavy atom. The standard InChI is InChI=1S/C18H31N5O.ClH/c1-3-10-18(2,19)17(24)22-11-7-8-14(13-22)16-21-20-15-9-5-4-6-12-23(15)16;/h14H,3-13,19H2,1-2H3;1H. The molecule has 2 aliphatic heterocycles. The number of likely N-dealkylation sites (tertiary alicyclic amines) is 1. The average molecular weight is 370 g/mol. The van der Waals surface area contributed by atoms with Crippen molar-refractivity contribution in [1.82, 2.24) is 19.7 Å². The first kappa shape index (κ1) is 20.2.